The van der Waals surface area contributed by atoms with Gasteiger partial charge in [0, 0.05) is 22.1 Å². The number of carboxylic acids is 1. The van der Waals surface area contributed by atoms with Gasteiger partial charge in [-0.05, 0) is 18.2 Å². The average molecular weight is 266 g/mol. The maximum absolute atomic E-state index is 12.0. The lowest BCUT2D eigenvalue weighted by Crippen LogP contribution is -2.18. The number of fused-ring (bicyclic) bond motifs is 1. The Hall–Kier alpha value is -2.14. The molecule has 0 aliphatic rings. The zero-order valence-electron chi connectivity index (χ0n) is 9.07. The van der Waals surface area contributed by atoms with Crippen LogP contribution in [-0.4, -0.2) is 21.8 Å². The number of pyridine rings is 1. The summed E-state index contributed by atoms with van der Waals surface area (Å²) in [6.45, 7) is 0. The van der Waals surface area contributed by atoms with Crippen LogP contribution in [0.25, 0.3) is 10.9 Å². The summed E-state index contributed by atoms with van der Waals surface area (Å²) < 4.78 is 0. The highest BCUT2D eigenvalue weighted by Gasteiger charge is 2.15. The summed E-state index contributed by atoms with van der Waals surface area (Å²) in [5, 5.41) is 9.17. The number of rotatable bonds is 3. The molecule has 92 valence electrons. The van der Waals surface area contributed by atoms with Crippen molar-refractivity contribution in [1.82, 2.24) is 4.98 Å². The topological polar surface area (TPSA) is 87.2 Å². The van der Waals surface area contributed by atoms with E-state index in [1.807, 2.05) is 0 Å². The molecule has 1 aromatic heterocycles. The molecule has 0 spiro atoms. The number of carboxylic acid groups (broad SMARTS) is 1. The van der Waals surface area contributed by atoms with Crippen LogP contribution in [-0.2, 0) is 4.79 Å². The third-order valence-corrected chi connectivity index (χ3v) is 2.69. The van der Waals surface area contributed by atoms with Gasteiger partial charge in [0.2, 0.25) is 0 Å². The molecule has 1 aromatic carbocycles. The minimum Gasteiger partial charge on any atom is -0.481 e. The van der Waals surface area contributed by atoms with Crippen molar-refractivity contribution in [3.63, 3.8) is 0 Å². The van der Waals surface area contributed by atoms with E-state index < -0.39 is 23.6 Å². The number of aromatic nitrogens is 1. The van der Waals surface area contributed by atoms with Crippen molar-refractivity contribution in [3.8, 4) is 0 Å². The van der Waals surface area contributed by atoms with E-state index >= 15 is 0 Å². The fraction of sp³-hybridized carbons (Fsp3) is 0.0833. The Labute approximate surface area is 106 Å². The Morgan fingerprint density at radius 3 is 2.72 bits per heavy atom. The summed E-state index contributed by atoms with van der Waals surface area (Å²) in [5.41, 5.74) is -0.152. The van der Waals surface area contributed by atoms with Gasteiger partial charge in [0.05, 0.1) is 5.56 Å². The molecule has 0 unspecified atom stereocenters. The fourth-order valence-corrected chi connectivity index (χ4v) is 1.80. The second kappa shape index (κ2) is 4.62. The molecule has 0 saturated carbocycles. The monoisotopic (exact) mass is 265 g/mol. The number of benzene rings is 1. The zero-order valence-corrected chi connectivity index (χ0v) is 9.82. The molecule has 0 aliphatic heterocycles. The number of Topliss-reactive ketones (excluding diaryl/α,β-unsaturated/α-hetero) is 1. The number of H-pyrrole nitrogens is 1. The van der Waals surface area contributed by atoms with Crippen LogP contribution in [0.5, 0.6) is 0 Å². The van der Waals surface area contributed by atoms with Crippen LogP contribution in [0.1, 0.15) is 16.8 Å². The fourth-order valence-electron chi connectivity index (χ4n) is 1.63. The van der Waals surface area contributed by atoms with E-state index in [2.05, 4.69) is 4.98 Å². The van der Waals surface area contributed by atoms with Crippen LogP contribution in [0.3, 0.4) is 0 Å². The molecule has 2 N–H and O–H groups in total. The molecule has 0 aliphatic carbocycles. The molecule has 5 nitrogen and oxygen atoms in total. The van der Waals surface area contributed by atoms with Crippen LogP contribution in [0.2, 0.25) is 5.02 Å². The van der Waals surface area contributed by atoms with Crippen LogP contribution >= 0.6 is 11.6 Å². The molecular weight excluding hydrogens is 258 g/mol. The molecule has 0 bridgehead atoms. The molecule has 6 heteroatoms. The van der Waals surface area contributed by atoms with Crippen LogP contribution in [0.15, 0.2) is 29.2 Å². The maximum Gasteiger partial charge on any atom is 0.311 e. The second-order valence-corrected chi connectivity index (χ2v) is 4.15. The largest absolute Gasteiger partial charge is 0.481 e. The first-order valence-electron chi connectivity index (χ1n) is 5.05. The standard InChI is InChI=1S/C12H8ClNO4/c13-6-1-2-9-7(3-6)12(18)8(5-14-9)10(15)4-11(16)17/h1-3,5H,4H2,(H,14,18)(H,16,17). The Balaban J connectivity index is 2.61. The molecule has 0 atom stereocenters. The molecular formula is C12H8ClNO4. The number of halogens is 1. The highest BCUT2D eigenvalue weighted by molar-refractivity contribution is 6.31. The van der Waals surface area contributed by atoms with Crippen LogP contribution in [0.4, 0.5) is 0 Å². The predicted molar refractivity (Wildman–Crippen MR) is 66.2 cm³/mol. The van der Waals surface area contributed by atoms with Crippen molar-refractivity contribution in [2.45, 2.75) is 6.42 Å². The first-order valence-corrected chi connectivity index (χ1v) is 5.43. The van der Waals surface area contributed by atoms with E-state index in [1.165, 1.54) is 12.3 Å². The number of hydrogen-bond acceptors (Lipinski definition) is 3. The number of aliphatic carboxylic acids is 1. The molecule has 18 heavy (non-hydrogen) atoms. The number of carbonyl (C=O) groups excluding carboxylic acids is 1. The van der Waals surface area contributed by atoms with Gasteiger partial charge in [-0.25, -0.2) is 0 Å². The lowest BCUT2D eigenvalue weighted by Gasteiger charge is -2.02. The van der Waals surface area contributed by atoms with Crippen molar-refractivity contribution in [3.05, 3.63) is 45.2 Å². The van der Waals surface area contributed by atoms with Crippen LogP contribution in [0, 0.1) is 0 Å². The number of carbonyl (C=O) groups is 2. The van der Waals surface area contributed by atoms with Gasteiger partial charge in [-0.15, -0.1) is 0 Å². The smallest absolute Gasteiger partial charge is 0.311 e. The molecule has 0 amide bonds. The van der Waals surface area contributed by atoms with Crippen molar-refractivity contribution in [2.24, 2.45) is 0 Å². The van der Waals surface area contributed by atoms with E-state index in [0.717, 1.165) is 0 Å². The van der Waals surface area contributed by atoms with E-state index in [1.54, 1.807) is 12.1 Å². The van der Waals surface area contributed by atoms with E-state index in [0.29, 0.717) is 10.5 Å². The Kier molecular flexibility index (Phi) is 3.16. The summed E-state index contributed by atoms with van der Waals surface area (Å²) in [6, 6.07) is 4.66. The lowest BCUT2D eigenvalue weighted by atomic mass is 10.1. The maximum atomic E-state index is 12.0. The van der Waals surface area contributed by atoms with Crippen molar-refractivity contribution in [2.75, 3.05) is 0 Å². The minimum absolute atomic E-state index is 0.174. The number of hydrogen-bond donors (Lipinski definition) is 2. The van der Waals surface area contributed by atoms with Gasteiger partial charge >= 0.3 is 5.97 Å². The summed E-state index contributed by atoms with van der Waals surface area (Å²) in [6.07, 6.45) is 0.513. The van der Waals surface area contributed by atoms with E-state index in [-0.39, 0.29) is 10.9 Å². The highest BCUT2D eigenvalue weighted by Crippen LogP contribution is 2.15. The van der Waals surface area contributed by atoms with Crippen molar-refractivity contribution in [1.29, 1.82) is 0 Å². The number of nitrogens with one attached hydrogen (secondary N) is 1. The number of aromatic amines is 1. The van der Waals surface area contributed by atoms with Gasteiger partial charge in [0.1, 0.15) is 6.42 Å². The van der Waals surface area contributed by atoms with Gasteiger partial charge < -0.3 is 10.1 Å². The molecule has 0 radical (unpaired) electrons. The SMILES string of the molecule is O=C(O)CC(=O)c1c[nH]c2ccc(Cl)cc2c1=O. The Morgan fingerprint density at radius 2 is 2.06 bits per heavy atom. The van der Waals surface area contributed by atoms with Gasteiger partial charge in [-0.1, -0.05) is 11.6 Å². The molecule has 0 saturated heterocycles. The summed E-state index contributed by atoms with van der Waals surface area (Å²) in [5.74, 6) is -2.00. The van der Waals surface area contributed by atoms with Gasteiger partial charge in [0.15, 0.2) is 11.2 Å². The number of ketones is 1. The molecule has 2 aromatic rings. The van der Waals surface area contributed by atoms with Gasteiger partial charge in [-0.3, -0.25) is 14.4 Å². The first-order chi connectivity index (χ1) is 8.49. The normalized spacial score (nSPS) is 10.5. The van der Waals surface area contributed by atoms with Gasteiger partial charge in [0.25, 0.3) is 0 Å². The second-order valence-electron chi connectivity index (χ2n) is 3.72. The zero-order chi connectivity index (χ0) is 13.3. The van der Waals surface area contributed by atoms with Crippen molar-refractivity contribution < 1.29 is 14.7 Å². The minimum atomic E-state index is -1.27. The van der Waals surface area contributed by atoms with Gasteiger partial charge in [-0.2, -0.15) is 0 Å². The molecule has 2 rings (SSSR count). The average Bonchev–Trinajstić information content (AvgIpc) is 2.29. The highest BCUT2D eigenvalue weighted by atomic mass is 35.5. The Morgan fingerprint density at radius 1 is 1.33 bits per heavy atom. The van der Waals surface area contributed by atoms with Crippen molar-refractivity contribution >= 4 is 34.3 Å². The molecule has 1 heterocycles. The van der Waals surface area contributed by atoms with E-state index in [9.17, 15) is 14.4 Å². The summed E-state index contributed by atoms with van der Waals surface area (Å²) in [4.78, 5) is 36.8. The van der Waals surface area contributed by atoms with Crippen LogP contribution < -0.4 is 5.43 Å². The third kappa shape index (κ3) is 2.26. The van der Waals surface area contributed by atoms with E-state index in [4.69, 9.17) is 16.7 Å². The summed E-state index contributed by atoms with van der Waals surface area (Å²) in [7, 11) is 0. The predicted octanol–water partition coefficient (Wildman–Crippen LogP) is 1.84. The first kappa shape index (κ1) is 12.3. The quantitative estimate of drug-likeness (QED) is 0.655. The third-order valence-electron chi connectivity index (χ3n) is 2.46. The summed E-state index contributed by atoms with van der Waals surface area (Å²) >= 11 is 5.78. The lowest BCUT2D eigenvalue weighted by molar-refractivity contribution is -0.135. The molecule has 0 fully saturated rings. The Bertz CT molecular complexity index is 705.